The lowest BCUT2D eigenvalue weighted by Gasteiger charge is -2.00. The van der Waals surface area contributed by atoms with E-state index in [4.69, 9.17) is 11.6 Å². The Balaban J connectivity index is 2.29. The van der Waals surface area contributed by atoms with Gasteiger partial charge >= 0.3 is 0 Å². The predicted molar refractivity (Wildman–Crippen MR) is 62.8 cm³/mol. The minimum atomic E-state index is 0.521. The zero-order valence-corrected chi connectivity index (χ0v) is 9.39. The van der Waals surface area contributed by atoms with Crippen molar-refractivity contribution in [2.24, 2.45) is 7.05 Å². The molecule has 0 saturated heterocycles. The molecule has 3 rings (SSSR count). The highest BCUT2D eigenvalue weighted by Crippen LogP contribution is 2.24. The molecule has 0 aliphatic carbocycles. The van der Waals surface area contributed by atoms with Gasteiger partial charge in [-0.25, -0.2) is 4.98 Å². The molecule has 0 saturated carbocycles. The molecule has 3 aromatic rings. The number of rotatable bonds is 1. The molecule has 16 heavy (non-hydrogen) atoms. The summed E-state index contributed by atoms with van der Waals surface area (Å²) in [5.74, 6) is 0.875. The van der Waals surface area contributed by atoms with Crippen LogP contribution in [0.1, 0.15) is 0 Å². The predicted octanol–water partition coefficient (Wildman–Crippen LogP) is 2.41. The fourth-order valence-corrected chi connectivity index (χ4v) is 1.98. The maximum absolute atomic E-state index is 6.01. The molecule has 5 heteroatoms. The van der Waals surface area contributed by atoms with Gasteiger partial charge in [-0.3, -0.25) is 9.25 Å². The van der Waals surface area contributed by atoms with Crippen LogP contribution in [0, 0.1) is 0 Å². The smallest absolute Gasteiger partial charge is 0.159 e. The zero-order chi connectivity index (χ0) is 11.1. The number of halogens is 1. The Morgan fingerprint density at radius 1 is 1.19 bits per heavy atom. The third-order valence-corrected chi connectivity index (χ3v) is 2.82. The monoisotopic (exact) mass is 232 g/mol. The van der Waals surface area contributed by atoms with E-state index in [1.165, 1.54) is 0 Å². The first-order chi connectivity index (χ1) is 7.75. The van der Waals surface area contributed by atoms with Crippen molar-refractivity contribution in [3.8, 4) is 5.82 Å². The lowest BCUT2D eigenvalue weighted by Crippen LogP contribution is -1.95. The summed E-state index contributed by atoms with van der Waals surface area (Å²) in [4.78, 5) is 4.05. The summed E-state index contributed by atoms with van der Waals surface area (Å²) >= 11 is 6.01. The van der Waals surface area contributed by atoms with Gasteiger partial charge in [-0.15, -0.1) is 0 Å². The van der Waals surface area contributed by atoms with Crippen molar-refractivity contribution >= 4 is 22.5 Å². The maximum atomic E-state index is 6.01. The van der Waals surface area contributed by atoms with Crippen LogP contribution in [0.4, 0.5) is 0 Å². The quantitative estimate of drug-likeness (QED) is 0.604. The zero-order valence-electron chi connectivity index (χ0n) is 8.63. The van der Waals surface area contributed by atoms with E-state index in [0.29, 0.717) is 5.15 Å². The van der Waals surface area contributed by atoms with Crippen LogP contribution in [0.3, 0.4) is 0 Å². The van der Waals surface area contributed by atoms with Crippen LogP contribution < -0.4 is 0 Å². The lowest BCUT2D eigenvalue weighted by atomic mass is 10.3. The van der Waals surface area contributed by atoms with Gasteiger partial charge in [-0.2, -0.15) is 5.10 Å². The summed E-state index contributed by atoms with van der Waals surface area (Å²) in [7, 11) is 1.89. The highest BCUT2D eigenvalue weighted by Gasteiger charge is 2.07. The minimum absolute atomic E-state index is 0.521. The summed E-state index contributed by atoms with van der Waals surface area (Å²) in [5, 5.41) is 5.81. The lowest BCUT2D eigenvalue weighted by molar-refractivity contribution is 0.754. The number of fused-ring (bicyclic) bond motifs is 1. The molecular weight excluding hydrogens is 224 g/mol. The molecule has 0 aliphatic heterocycles. The molecule has 0 radical (unpaired) electrons. The Hall–Kier alpha value is -1.81. The van der Waals surface area contributed by atoms with Gasteiger partial charge in [-0.1, -0.05) is 11.6 Å². The summed E-state index contributed by atoms with van der Waals surface area (Å²) in [6.07, 6.45) is 5.55. The van der Waals surface area contributed by atoms with Crippen molar-refractivity contribution < 1.29 is 0 Å². The highest BCUT2D eigenvalue weighted by molar-refractivity contribution is 6.34. The first kappa shape index (κ1) is 9.42. The summed E-state index contributed by atoms with van der Waals surface area (Å²) < 4.78 is 3.76. The van der Waals surface area contributed by atoms with Crippen LogP contribution in [0.5, 0.6) is 0 Å². The molecule has 0 unspecified atom stereocenters. The van der Waals surface area contributed by atoms with Crippen molar-refractivity contribution in [3.63, 3.8) is 0 Å². The standard InChI is InChI=1S/C11H9ClN4/c1-15-6-4-10(14-15)16-7-3-8-9(16)2-5-13-11(8)12/h2-7H,1H3. The molecule has 4 nitrogen and oxygen atoms in total. The topological polar surface area (TPSA) is 35.6 Å². The van der Waals surface area contributed by atoms with Crippen molar-refractivity contribution in [1.29, 1.82) is 0 Å². The molecule has 0 aliphatic rings. The van der Waals surface area contributed by atoms with Crippen LogP contribution in [0.15, 0.2) is 36.8 Å². The van der Waals surface area contributed by atoms with Gasteiger partial charge < -0.3 is 0 Å². The van der Waals surface area contributed by atoms with Gasteiger partial charge in [-0.05, 0) is 12.1 Å². The average molecular weight is 233 g/mol. The fraction of sp³-hybridized carbons (Fsp3) is 0.0909. The maximum Gasteiger partial charge on any atom is 0.159 e. The van der Waals surface area contributed by atoms with Gasteiger partial charge in [0.15, 0.2) is 5.82 Å². The Bertz CT molecular complexity index is 653. The Morgan fingerprint density at radius 2 is 2.06 bits per heavy atom. The summed E-state index contributed by atoms with van der Waals surface area (Å²) in [6.45, 7) is 0. The van der Waals surface area contributed by atoms with E-state index in [9.17, 15) is 0 Å². The average Bonchev–Trinajstić information content (AvgIpc) is 2.84. The Morgan fingerprint density at radius 3 is 2.81 bits per heavy atom. The number of pyridine rings is 1. The van der Waals surface area contributed by atoms with Crippen molar-refractivity contribution in [2.75, 3.05) is 0 Å². The second kappa shape index (κ2) is 3.35. The number of aromatic nitrogens is 4. The van der Waals surface area contributed by atoms with Crippen LogP contribution in [0.2, 0.25) is 5.15 Å². The molecule has 3 aromatic heterocycles. The number of hydrogen-bond donors (Lipinski definition) is 0. The Labute approximate surface area is 97.1 Å². The van der Waals surface area contributed by atoms with Gasteiger partial charge in [0.05, 0.1) is 5.52 Å². The summed E-state index contributed by atoms with van der Waals surface area (Å²) in [6, 6.07) is 5.82. The first-order valence-electron chi connectivity index (χ1n) is 4.87. The van der Waals surface area contributed by atoms with Gasteiger partial charge in [0.2, 0.25) is 0 Å². The molecular formula is C11H9ClN4. The van der Waals surface area contributed by atoms with E-state index in [1.807, 2.05) is 42.2 Å². The van der Waals surface area contributed by atoms with E-state index in [0.717, 1.165) is 16.7 Å². The Kier molecular flexibility index (Phi) is 1.97. The molecule has 0 atom stereocenters. The number of aryl methyl sites for hydroxylation is 1. The molecule has 3 heterocycles. The third-order valence-electron chi connectivity index (χ3n) is 2.51. The number of nitrogens with zero attached hydrogens (tertiary/aromatic N) is 4. The normalized spacial score (nSPS) is 11.1. The molecule has 0 fully saturated rings. The van der Waals surface area contributed by atoms with Crippen LogP contribution in [-0.4, -0.2) is 19.3 Å². The fourth-order valence-electron chi connectivity index (χ4n) is 1.76. The molecule has 0 amide bonds. The van der Waals surface area contributed by atoms with E-state index in [-0.39, 0.29) is 0 Å². The highest BCUT2D eigenvalue weighted by atomic mass is 35.5. The second-order valence-electron chi connectivity index (χ2n) is 3.57. The summed E-state index contributed by atoms with van der Waals surface area (Å²) in [5.41, 5.74) is 1.01. The SMILES string of the molecule is Cn1ccc(-n2ccc3c(Cl)nccc32)n1. The number of hydrogen-bond acceptors (Lipinski definition) is 2. The van der Waals surface area contributed by atoms with E-state index in [2.05, 4.69) is 10.1 Å². The van der Waals surface area contributed by atoms with Gasteiger partial charge in [0, 0.05) is 37.1 Å². The largest absolute Gasteiger partial charge is 0.300 e. The molecule has 0 aromatic carbocycles. The van der Waals surface area contributed by atoms with Crippen molar-refractivity contribution in [3.05, 3.63) is 41.9 Å². The second-order valence-corrected chi connectivity index (χ2v) is 3.93. The van der Waals surface area contributed by atoms with Gasteiger partial charge in [0.1, 0.15) is 5.15 Å². The minimum Gasteiger partial charge on any atom is -0.300 e. The van der Waals surface area contributed by atoms with E-state index < -0.39 is 0 Å². The van der Waals surface area contributed by atoms with Crippen LogP contribution >= 0.6 is 11.6 Å². The third kappa shape index (κ3) is 1.31. The van der Waals surface area contributed by atoms with Crippen LogP contribution in [0.25, 0.3) is 16.7 Å². The van der Waals surface area contributed by atoms with Crippen molar-refractivity contribution in [1.82, 2.24) is 19.3 Å². The molecule has 0 bridgehead atoms. The molecule has 0 spiro atoms. The van der Waals surface area contributed by atoms with Gasteiger partial charge in [0.25, 0.3) is 0 Å². The van der Waals surface area contributed by atoms with Crippen LogP contribution in [-0.2, 0) is 7.05 Å². The van der Waals surface area contributed by atoms with E-state index in [1.54, 1.807) is 10.9 Å². The van der Waals surface area contributed by atoms with Crippen molar-refractivity contribution in [2.45, 2.75) is 0 Å². The molecule has 0 N–H and O–H groups in total. The molecule has 80 valence electrons. The van der Waals surface area contributed by atoms with E-state index >= 15 is 0 Å². The first-order valence-corrected chi connectivity index (χ1v) is 5.25.